The lowest BCUT2D eigenvalue weighted by Gasteiger charge is -2.22. The van der Waals surface area contributed by atoms with Gasteiger partial charge in [0.05, 0.1) is 13.2 Å². The van der Waals surface area contributed by atoms with E-state index in [2.05, 4.69) is 0 Å². The van der Waals surface area contributed by atoms with E-state index >= 15 is 0 Å². The van der Waals surface area contributed by atoms with Crippen molar-refractivity contribution >= 4 is 5.97 Å². The summed E-state index contributed by atoms with van der Waals surface area (Å²) in [4.78, 5) is 10.9. The third-order valence-corrected chi connectivity index (χ3v) is 1.79. The zero-order chi connectivity index (χ0) is 8.97. The number of carbonyl (C=O) groups is 1. The monoisotopic (exact) mass is 174 g/mol. The molecule has 1 aliphatic heterocycles. The summed E-state index contributed by atoms with van der Waals surface area (Å²) in [6.07, 6.45) is 0.380. The minimum absolute atomic E-state index is 0.0687. The van der Waals surface area contributed by atoms with Crippen LogP contribution in [-0.2, 0) is 14.3 Å². The quantitative estimate of drug-likeness (QED) is 0.603. The van der Waals surface area contributed by atoms with Crippen molar-refractivity contribution in [3.8, 4) is 0 Å². The fraction of sp³-hybridized carbons (Fsp3) is 0.875. The Balaban J connectivity index is 2.24. The van der Waals surface area contributed by atoms with Crippen LogP contribution in [0, 0.1) is 0 Å². The maximum Gasteiger partial charge on any atom is 0.334 e. The molecule has 1 saturated heterocycles. The first-order chi connectivity index (χ1) is 5.70. The molecule has 70 valence electrons. The second kappa shape index (κ2) is 4.42. The molecule has 1 fully saturated rings. The maximum atomic E-state index is 10.9. The summed E-state index contributed by atoms with van der Waals surface area (Å²) in [7, 11) is 0. The highest BCUT2D eigenvalue weighted by Crippen LogP contribution is 2.11. The molecule has 0 bridgehead atoms. The first-order valence-electron chi connectivity index (χ1n) is 4.16. The number of aliphatic hydroxyl groups is 1. The van der Waals surface area contributed by atoms with E-state index in [-0.39, 0.29) is 6.10 Å². The van der Waals surface area contributed by atoms with Crippen molar-refractivity contribution in [3.05, 3.63) is 0 Å². The van der Waals surface area contributed by atoms with E-state index in [1.54, 1.807) is 0 Å². The summed E-state index contributed by atoms with van der Waals surface area (Å²) >= 11 is 0. The predicted octanol–water partition coefficient (Wildman–Crippen LogP) is 0.0894. The van der Waals surface area contributed by atoms with Crippen LogP contribution in [0.2, 0.25) is 0 Å². The van der Waals surface area contributed by atoms with Gasteiger partial charge in [0.1, 0.15) is 12.2 Å². The van der Waals surface area contributed by atoms with Crippen LogP contribution in [0.3, 0.4) is 0 Å². The van der Waals surface area contributed by atoms with Crippen molar-refractivity contribution < 1.29 is 19.4 Å². The van der Waals surface area contributed by atoms with Gasteiger partial charge in [0, 0.05) is 12.8 Å². The Morgan fingerprint density at radius 1 is 1.58 bits per heavy atom. The molecule has 0 spiro atoms. The molecule has 0 saturated carbocycles. The number of hydrogen-bond donors (Lipinski definition) is 1. The van der Waals surface area contributed by atoms with E-state index in [0.29, 0.717) is 13.2 Å². The third-order valence-electron chi connectivity index (χ3n) is 1.79. The lowest BCUT2D eigenvalue weighted by atomic mass is 10.1. The first kappa shape index (κ1) is 9.48. The van der Waals surface area contributed by atoms with E-state index in [0.717, 1.165) is 12.8 Å². The summed E-state index contributed by atoms with van der Waals surface area (Å²) in [5.41, 5.74) is 0. The Bertz CT molecular complexity index is 149. The van der Waals surface area contributed by atoms with Crippen molar-refractivity contribution in [2.45, 2.75) is 32.0 Å². The van der Waals surface area contributed by atoms with Crippen molar-refractivity contribution in [2.75, 3.05) is 13.2 Å². The second-order valence-electron chi connectivity index (χ2n) is 2.92. The third kappa shape index (κ3) is 2.79. The number of rotatable bonds is 2. The SMILES string of the molecule is C[C@H](O)C(=O)OC1CCOCC1. The second-order valence-corrected chi connectivity index (χ2v) is 2.92. The molecule has 0 aromatic heterocycles. The summed E-state index contributed by atoms with van der Waals surface area (Å²) in [6, 6.07) is 0. The van der Waals surface area contributed by atoms with Gasteiger partial charge in [-0.3, -0.25) is 0 Å². The van der Waals surface area contributed by atoms with Crippen LogP contribution in [0.25, 0.3) is 0 Å². The minimum Gasteiger partial charge on any atom is -0.460 e. The highest BCUT2D eigenvalue weighted by atomic mass is 16.6. The van der Waals surface area contributed by atoms with E-state index in [1.807, 2.05) is 0 Å². The van der Waals surface area contributed by atoms with Crippen LogP contribution in [0.4, 0.5) is 0 Å². The molecule has 1 atom stereocenters. The van der Waals surface area contributed by atoms with Crippen LogP contribution in [0.15, 0.2) is 0 Å². The van der Waals surface area contributed by atoms with Crippen molar-refractivity contribution in [1.29, 1.82) is 0 Å². The molecule has 0 amide bonds. The lowest BCUT2D eigenvalue weighted by molar-refractivity contribution is -0.162. The van der Waals surface area contributed by atoms with Crippen LogP contribution in [0.5, 0.6) is 0 Å². The highest BCUT2D eigenvalue weighted by Gasteiger charge is 2.20. The fourth-order valence-electron chi connectivity index (χ4n) is 1.06. The van der Waals surface area contributed by atoms with Gasteiger partial charge < -0.3 is 14.6 Å². The number of hydrogen-bond acceptors (Lipinski definition) is 4. The number of ether oxygens (including phenoxy) is 2. The van der Waals surface area contributed by atoms with Gasteiger partial charge in [-0.2, -0.15) is 0 Å². The van der Waals surface area contributed by atoms with Gasteiger partial charge in [0.25, 0.3) is 0 Å². The molecule has 1 heterocycles. The largest absolute Gasteiger partial charge is 0.460 e. The van der Waals surface area contributed by atoms with Crippen LogP contribution < -0.4 is 0 Å². The summed E-state index contributed by atoms with van der Waals surface area (Å²) in [5, 5.41) is 8.85. The molecule has 1 rings (SSSR count). The van der Waals surface area contributed by atoms with Gasteiger partial charge >= 0.3 is 5.97 Å². The zero-order valence-electron chi connectivity index (χ0n) is 7.16. The Kier molecular flexibility index (Phi) is 3.49. The van der Waals surface area contributed by atoms with Crippen LogP contribution in [0.1, 0.15) is 19.8 Å². The molecular formula is C8H14O4. The first-order valence-corrected chi connectivity index (χ1v) is 4.16. The van der Waals surface area contributed by atoms with Crippen molar-refractivity contribution in [3.63, 3.8) is 0 Å². The Labute approximate surface area is 71.5 Å². The van der Waals surface area contributed by atoms with Crippen molar-refractivity contribution in [2.24, 2.45) is 0 Å². The van der Waals surface area contributed by atoms with Crippen LogP contribution >= 0.6 is 0 Å². The maximum absolute atomic E-state index is 10.9. The summed E-state index contributed by atoms with van der Waals surface area (Å²) < 4.78 is 10.1. The molecule has 4 heteroatoms. The Morgan fingerprint density at radius 2 is 2.17 bits per heavy atom. The van der Waals surface area contributed by atoms with Gasteiger partial charge in [-0.05, 0) is 6.92 Å². The molecule has 4 nitrogen and oxygen atoms in total. The Hall–Kier alpha value is -0.610. The smallest absolute Gasteiger partial charge is 0.334 e. The lowest BCUT2D eigenvalue weighted by Crippen LogP contribution is -2.30. The Morgan fingerprint density at radius 3 is 2.67 bits per heavy atom. The number of carbonyl (C=O) groups excluding carboxylic acids is 1. The standard InChI is InChI=1S/C8H14O4/c1-6(9)8(10)12-7-2-4-11-5-3-7/h6-7,9H,2-5H2,1H3/t6-/m0/s1. The average Bonchev–Trinajstić information content (AvgIpc) is 2.06. The molecule has 0 radical (unpaired) electrons. The topological polar surface area (TPSA) is 55.8 Å². The van der Waals surface area contributed by atoms with Gasteiger partial charge in [-0.25, -0.2) is 4.79 Å². The van der Waals surface area contributed by atoms with E-state index in [4.69, 9.17) is 14.6 Å². The molecular weight excluding hydrogens is 160 g/mol. The number of aliphatic hydroxyl groups excluding tert-OH is 1. The van der Waals surface area contributed by atoms with E-state index < -0.39 is 12.1 Å². The van der Waals surface area contributed by atoms with Crippen molar-refractivity contribution in [1.82, 2.24) is 0 Å². The molecule has 12 heavy (non-hydrogen) atoms. The highest BCUT2D eigenvalue weighted by molar-refractivity contribution is 5.73. The van der Waals surface area contributed by atoms with E-state index in [1.165, 1.54) is 6.92 Å². The molecule has 0 unspecified atom stereocenters. The minimum atomic E-state index is -1.02. The van der Waals surface area contributed by atoms with Gasteiger partial charge in [0.15, 0.2) is 0 Å². The fourth-order valence-corrected chi connectivity index (χ4v) is 1.06. The van der Waals surface area contributed by atoms with Crippen LogP contribution in [-0.4, -0.2) is 36.5 Å². The average molecular weight is 174 g/mol. The van der Waals surface area contributed by atoms with Gasteiger partial charge in [-0.1, -0.05) is 0 Å². The zero-order valence-corrected chi connectivity index (χ0v) is 7.16. The summed E-state index contributed by atoms with van der Waals surface area (Å²) in [5.74, 6) is -0.540. The molecule has 1 N–H and O–H groups in total. The summed E-state index contributed by atoms with van der Waals surface area (Å²) in [6.45, 7) is 2.68. The predicted molar refractivity (Wildman–Crippen MR) is 41.6 cm³/mol. The normalized spacial score (nSPS) is 21.8. The van der Waals surface area contributed by atoms with Gasteiger partial charge in [0.2, 0.25) is 0 Å². The van der Waals surface area contributed by atoms with Gasteiger partial charge in [-0.15, -0.1) is 0 Å². The number of esters is 1. The molecule has 0 aliphatic carbocycles. The van der Waals surface area contributed by atoms with E-state index in [9.17, 15) is 4.79 Å². The molecule has 0 aromatic carbocycles. The molecule has 1 aliphatic rings. The molecule has 0 aromatic rings.